The number of nitrogens with one attached hydrogen (secondary N) is 2. The molecular formula is C15H22N2O4. The molecule has 0 spiro atoms. The zero-order chi connectivity index (χ0) is 15.2. The maximum Gasteiger partial charge on any atom is 0.319 e. The Morgan fingerprint density at radius 1 is 1.29 bits per heavy atom. The summed E-state index contributed by atoms with van der Waals surface area (Å²) in [4.78, 5) is 12.1. The molecule has 1 saturated carbocycles. The molecule has 116 valence electrons. The molecule has 2 amide bonds. The largest absolute Gasteiger partial charge is 0.493 e. The zero-order valence-corrected chi connectivity index (χ0v) is 12.4. The number of hydrogen-bond acceptors (Lipinski definition) is 4. The van der Waals surface area contributed by atoms with Gasteiger partial charge in [-0.05, 0) is 37.8 Å². The van der Waals surface area contributed by atoms with Gasteiger partial charge in [0.1, 0.15) is 0 Å². The highest BCUT2D eigenvalue weighted by Gasteiger charge is 2.22. The van der Waals surface area contributed by atoms with Crippen molar-refractivity contribution in [2.45, 2.75) is 37.8 Å². The molecular weight excluding hydrogens is 272 g/mol. The first-order valence-electron chi connectivity index (χ1n) is 7.10. The van der Waals surface area contributed by atoms with Crippen molar-refractivity contribution in [2.75, 3.05) is 19.5 Å². The third kappa shape index (κ3) is 4.01. The number of urea groups is 1. The van der Waals surface area contributed by atoms with Crippen molar-refractivity contribution in [3.05, 3.63) is 18.2 Å². The van der Waals surface area contributed by atoms with Gasteiger partial charge >= 0.3 is 6.03 Å². The molecule has 2 rings (SSSR count). The van der Waals surface area contributed by atoms with Crippen molar-refractivity contribution in [3.63, 3.8) is 0 Å². The van der Waals surface area contributed by atoms with E-state index in [9.17, 15) is 9.90 Å². The third-order valence-electron chi connectivity index (χ3n) is 3.63. The van der Waals surface area contributed by atoms with Gasteiger partial charge in [0.15, 0.2) is 11.5 Å². The summed E-state index contributed by atoms with van der Waals surface area (Å²) in [6.45, 7) is 0. The first kappa shape index (κ1) is 15.4. The molecule has 0 saturated heterocycles. The Kier molecular flexibility index (Phi) is 5.27. The summed E-state index contributed by atoms with van der Waals surface area (Å²) in [5.41, 5.74) is 0.547. The molecule has 1 fully saturated rings. The number of para-hydroxylation sites is 1. The quantitative estimate of drug-likeness (QED) is 0.794. The van der Waals surface area contributed by atoms with Gasteiger partial charge in [0.25, 0.3) is 0 Å². The normalized spacial score (nSPS) is 21.5. The number of aliphatic hydroxyl groups excluding tert-OH is 1. The molecule has 0 bridgehead atoms. The Bertz CT molecular complexity index is 493. The molecule has 1 aromatic carbocycles. The Hall–Kier alpha value is -1.95. The van der Waals surface area contributed by atoms with E-state index in [1.54, 1.807) is 25.3 Å². The van der Waals surface area contributed by atoms with Gasteiger partial charge in [-0.3, -0.25) is 0 Å². The molecule has 0 heterocycles. The van der Waals surface area contributed by atoms with E-state index in [1.807, 2.05) is 0 Å². The standard InChI is InChI=1S/C15H22N2O4/c1-20-13-8-4-7-12(14(13)21-2)17-15(19)16-10-5-3-6-11(18)9-10/h4,7-8,10-11,18H,3,5-6,9H2,1-2H3,(H2,16,17,19). The summed E-state index contributed by atoms with van der Waals surface area (Å²) in [5, 5.41) is 15.3. The second kappa shape index (κ2) is 7.17. The maximum absolute atomic E-state index is 12.1. The molecule has 0 aliphatic heterocycles. The van der Waals surface area contributed by atoms with E-state index in [-0.39, 0.29) is 18.2 Å². The van der Waals surface area contributed by atoms with Crippen LogP contribution in [-0.2, 0) is 0 Å². The van der Waals surface area contributed by atoms with Crippen LogP contribution < -0.4 is 20.1 Å². The smallest absolute Gasteiger partial charge is 0.319 e. The minimum atomic E-state index is -0.324. The maximum atomic E-state index is 12.1. The van der Waals surface area contributed by atoms with Gasteiger partial charge in [0.05, 0.1) is 26.0 Å². The summed E-state index contributed by atoms with van der Waals surface area (Å²) in [6.07, 6.45) is 2.90. The Labute approximate surface area is 124 Å². The predicted octanol–water partition coefficient (Wildman–Crippen LogP) is 2.13. The van der Waals surface area contributed by atoms with Crippen LogP contribution in [0.5, 0.6) is 11.5 Å². The van der Waals surface area contributed by atoms with Crippen LogP contribution in [0.1, 0.15) is 25.7 Å². The van der Waals surface area contributed by atoms with E-state index < -0.39 is 0 Å². The number of anilines is 1. The molecule has 1 aliphatic rings. The van der Waals surface area contributed by atoms with Crippen LogP contribution in [0, 0.1) is 0 Å². The molecule has 0 radical (unpaired) electrons. The van der Waals surface area contributed by atoms with E-state index in [0.717, 1.165) is 19.3 Å². The summed E-state index contributed by atoms with van der Waals surface area (Å²) < 4.78 is 10.5. The second-order valence-corrected chi connectivity index (χ2v) is 5.16. The number of hydrogen-bond donors (Lipinski definition) is 3. The fraction of sp³-hybridized carbons (Fsp3) is 0.533. The van der Waals surface area contributed by atoms with E-state index in [1.165, 1.54) is 7.11 Å². The SMILES string of the molecule is COc1cccc(NC(=O)NC2CCCC(O)C2)c1OC. The van der Waals surface area contributed by atoms with Crippen LogP contribution in [0.15, 0.2) is 18.2 Å². The molecule has 21 heavy (non-hydrogen) atoms. The molecule has 2 atom stereocenters. The van der Waals surface area contributed by atoms with Crippen molar-refractivity contribution in [3.8, 4) is 11.5 Å². The highest BCUT2D eigenvalue weighted by atomic mass is 16.5. The van der Waals surface area contributed by atoms with Gasteiger partial charge < -0.3 is 25.2 Å². The number of methoxy groups -OCH3 is 2. The van der Waals surface area contributed by atoms with E-state index in [2.05, 4.69) is 10.6 Å². The average molecular weight is 294 g/mol. The highest BCUT2D eigenvalue weighted by molar-refractivity contribution is 5.91. The van der Waals surface area contributed by atoms with Crippen LogP contribution in [0.4, 0.5) is 10.5 Å². The zero-order valence-electron chi connectivity index (χ0n) is 12.4. The van der Waals surface area contributed by atoms with E-state index in [4.69, 9.17) is 9.47 Å². The lowest BCUT2D eigenvalue weighted by Gasteiger charge is -2.26. The van der Waals surface area contributed by atoms with E-state index in [0.29, 0.717) is 23.6 Å². The highest BCUT2D eigenvalue weighted by Crippen LogP contribution is 2.34. The van der Waals surface area contributed by atoms with Gasteiger partial charge in [-0.15, -0.1) is 0 Å². The second-order valence-electron chi connectivity index (χ2n) is 5.16. The van der Waals surface area contributed by atoms with Crippen molar-refractivity contribution in [2.24, 2.45) is 0 Å². The first-order chi connectivity index (χ1) is 10.1. The number of carbonyl (C=O) groups is 1. The van der Waals surface area contributed by atoms with Crippen LogP contribution in [-0.4, -0.2) is 37.5 Å². The van der Waals surface area contributed by atoms with Crippen LogP contribution in [0.2, 0.25) is 0 Å². The van der Waals surface area contributed by atoms with Gasteiger partial charge in [-0.2, -0.15) is 0 Å². The Morgan fingerprint density at radius 2 is 2.10 bits per heavy atom. The predicted molar refractivity (Wildman–Crippen MR) is 80.0 cm³/mol. The number of ether oxygens (including phenoxy) is 2. The average Bonchev–Trinajstić information content (AvgIpc) is 2.46. The van der Waals surface area contributed by atoms with Gasteiger partial charge in [0.2, 0.25) is 0 Å². The lowest BCUT2D eigenvalue weighted by atomic mass is 9.93. The minimum absolute atomic E-state index is 0.00496. The number of amides is 2. The monoisotopic (exact) mass is 294 g/mol. The molecule has 6 nitrogen and oxygen atoms in total. The van der Waals surface area contributed by atoms with Gasteiger partial charge in [-0.25, -0.2) is 4.79 Å². The number of benzene rings is 1. The Balaban J connectivity index is 1.99. The van der Waals surface area contributed by atoms with Crippen LogP contribution in [0.25, 0.3) is 0 Å². The van der Waals surface area contributed by atoms with Crippen molar-refractivity contribution in [1.29, 1.82) is 0 Å². The molecule has 1 aromatic rings. The number of aliphatic hydroxyl groups is 1. The summed E-state index contributed by atoms with van der Waals surface area (Å²) in [5.74, 6) is 1.04. The molecule has 2 unspecified atom stereocenters. The minimum Gasteiger partial charge on any atom is -0.493 e. The van der Waals surface area contributed by atoms with Crippen molar-refractivity contribution < 1.29 is 19.4 Å². The molecule has 0 aromatic heterocycles. The lowest BCUT2D eigenvalue weighted by molar-refractivity contribution is 0.114. The Morgan fingerprint density at radius 3 is 2.76 bits per heavy atom. The van der Waals surface area contributed by atoms with Crippen LogP contribution >= 0.6 is 0 Å². The summed E-state index contributed by atoms with van der Waals surface area (Å²) in [6, 6.07) is 4.99. The molecule has 3 N–H and O–H groups in total. The van der Waals surface area contributed by atoms with Crippen LogP contribution in [0.3, 0.4) is 0 Å². The van der Waals surface area contributed by atoms with E-state index >= 15 is 0 Å². The topological polar surface area (TPSA) is 79.8 Å². The third-order valence-corrected chi connectivity index (χ3v) is 3.63. The summed E-state index contributed by atoms with van der Waals surface area (Å²) in [7, 11) is 3.07. The lowest BCUT2D eigenvalue weighted by Crippen LogP contribution is -2.41. The summed E-state index contributed by atoms with van der Waals surface area (Å²) >= 11 is 0. The van der Waals surface area contributed by atoms with Crippen molar-refractivity contribution in [1.82, 2.24) is 5.32 Å². The van der Waals surface area contributed by atoms with Gasteiger partial charge in [-0.1, -0.05) is 6.07 Å². The molecule has 6 heteroatoms. The van der Waals surface area contributed by atoms with Crippen molar-refractivity contribution >= 4 is 11.7 Å². The first-order valence-corrected chi connectivity index (χ1v) is 7.10. The number of carbonyl (C=O) groups excluding carboxylic acids is 1. The molecule has 1 aliphatic carbocycles. The number of rotatable bonds is 4. The fourth-order valence-corrected chi connectivity index (χ4v) is 2.62. The van der Waals surface area contributed by atoms with Gasteiger partial charge in [0, 0.05) is 6.04 Å². The fourth-order valence-electron chi connectivity index (χ4n) is 2.62.